The van der Waals surface area contributed by atoms with Crippen molar-refractivity contribution in [2.45, 2.75) is 6.42 Å². The van der Waals surface area contributed by atoms with Crippen molar-refractivity contribution in [3.05, 3.63) is 63.1 Å². The van der Waals surface area contributed by atoms with Gasteiger partial charge in [0.25, 0.3) is 11.8 Å². The molecule has 0 aromatic heterocycles. The molecule has 0 aliphatic carbocycles. The average Bonchev–Trinajstić information content (AvgIpc) is 2.80. The molecule has 1 aliphatic rings. The molecule has 23 heavy (non-hydrogen) atoms. The maximum Gasteiger partial charge on any atom is 0.261 e. The number of hydrogen-bond acceptors (Lipinski definition) is 3. The van der Waals surface area contributed by atoms with Crippen molar-refractivity contribution < 1.29 is 14.3 Å². The molecule has 0 atom stereocenters. The quantitative estimate of drug-likeness (QED) is 0.565. The van der Waals surface area contributed by atoms with E-state index in [9.17, 15) is 9.59 Å². The number of carbonyl (C=O) groups is 2. The third kappa shape index (κ3) is 3.26. The second-order valence-corrected chi connectivity index (χ2v) is 6.35. The third-order valence-electron chi connectivity index (χ3n) is 3.56. The van der Waals surface area contributed by atoms with Crippen LogP contribution in [0, 0.1) is 0 Å². The third-order valence-corrected chi connectivity index (χ3v) is 4.78. The van der Waals surface area contributed by atoms with Crippen LogP contribution >= 0.6 is 27.5 Å². The predicted octanol–water partition coefficient (Wildman–Crippen LogP) is 4.17. The van der Waals surface area contributed by atoms with Crippen molar-refractivity contribution in [2.75, 3.05) is 13.2 Å². The number of ether oxygens (including phenoxy) is 1. The molecular weight excluding hydrogens is 382 g/mol. The molecule has 3 rings (SSSR count). The highest BCUT2D eigenvalue weighted by molar-refractivity contribution is 9.10. The molecule has 2 amide bonds. The number of rotatable bonds is 5. The second-order valence-electron chi connectivity index (χ2n) is 5.09. The highest BCUT2D eigenvalue weighted by atomic mass is 79.9. The minimum absolute atomic E-state index is 0.236. The van der Waals surface area contributed by atoms with Crippen LogP contribution in [0.2, 0.25) is 5.02 Å². The van der Waals surface area contributed by atoms with Gasteiger partial charge in [0, 0.05) is 11.0 Å². The molecule has 6 heteroatoms. The van der Waals surface area contributed by atoms with Crippen molar-refractivity contribution in [3.63, 3.8) is 0 Å². The molecule has 0 saturated heterocycles. The van der Waals surface area contributed by atoms with E-state index in [1.807, 2.05) is 0 Å². The number of halogens is 2. The van der Waals surface area contributed by atoms with Crippen LogP contribution in [0.4, 0.5) is 0 Å². The van der Waals surface area contributed by atoms with Crippen LogP contribution in [0.15, 0.2) is 46.9 Å². The summed E-state index contributed by atoms with van der Waals surface area (Å²) in [6.07, 6.45) is 0.561. The SMILES string of the molecule is O=C1c2ccccc2C(=O)N1CCCOc1ccc(Cl)c(Br)c1. The van der Waals surface area contributed by atoms with E-state index in [2.05, 4.69) is 15.9 Å². The number of imide groups is 1. The Hall–Kier alpha value is -1.85. The number of benzene rings is 2. The summed E-state index contributed by atoms with van der Waals surface area (Å²) in [5.41, 5.74) is 0.945. The van der Waals surface area contributed by atoms with E-state index in [1.165, 1.54) is 4.90 Å². The Morgan fingerprint density at radius 3 is 2.30 bits per heavy atom. The van der Waals surface area contributed by atoms with Crippen molar-refractivity contribution in [2.24, 2.45) is 0 Å². The van der Waals surface area contributed by atoms with E-state index in [1.54, 1.807) is 42.5 Å². The van der Waals surface area contributed by atoms with Gasteiger partial charge < -0.3 is 4.74 Å². The summed E-state index contributed by atoms with van der Waals surface area (Å²) >= 11 is 9.25. The first-order valence-corrected chi connectivity index (χ1v) is 8.28. The first-order chi connectivity index (χ1) is 11.1. The van der Waals surface area contributed by atoms with Crippen LogP contribution < -0.4 is 4.74 Å². The van der Waals surface area contributed by atoms with Gasteiger partial charge in [-0.15, -0.1) is 0 Å². The molecule has 118 valence electrons. The fourth-order valence-corrected chi connectivity index (χ4v) is 2.90. The van der Waals surface area contributed by atoms with Gasteiger partial charge in [0.05, 0.1) is 22.8 Å². The minimum Gasteiger partial charge on any atom is -0.493 e. The molecule has 0 unspecified atom stereocenters. The Balaban J connectivity index is 1.55. The summed E-state index contributed by atoms with van der Waals surface area (Å²) in [6, 6.07) is 12.2. The van der Waals surface area contributed by atoms with Gasteiger partial charge in [-0.05, 0) is 52.7 Å². The first-order valence-electron chi connectivity index (χ1n) is 7.11. The molecule has 0 N–H and O–H groups in total. The lowest BCUT2D eigenvalue weighted by Gasteiger charge is -2.14. The van der Waals surface area contributed by atoms with E-state index in [-0.39, 0.29) is 11.8 Å². The molecule has 1 aliphatic heterocycles. The van der Waals surface area contributed by atoms with Gasteiger partial charge >= 0.3 is 0 Å². The van der Waals surface area contributed by atoms with Gasteiger partial charge in [-0.1, -0.05) is 23.7 Å². The Labute approximate surface area is 147 Å². The van der Waals surface area contributed by atoms with Crippen LogP contribution in [0.5, 0.6) is 5.75 Å². The van der Waals surface area contributed by atoms with Crippen molar-refractivity contribution >= 4 is 39.3 Å². The normalized spacial score (nSPS) is 13.4. The molecule has 2 aromatic rings. The number of hydrogen-bond donors (Lipinski definition) is 0. The lowest BCUT2D eigenvalue weighted by Crippen LogP contribution is -2.31. The predicted molar refractivity (Wildman–Crippen MR) is 91.1 cm³/mol. The molecule has 0 bridgehead atoms. The maximum absolute atomic E-state index is 12.2. The molecule has 4 nitrogen and oxygen atoms in total. The Bertz CT molecular complexity index is 743. The van der Waals surface area contributed by atoms with Gasteiger partial charge in [0.1, 0.15) is 5.75 Å². The molecule has 0 radical (unpaired) electrons. The molecule has 0 saturated carbocycles. The number of carbonyl (C=O) groups excluding carboxylic acids is 2. The second kappa shape index (κ2) is 6.72. The highest BCUT2D eigenvalue weighted by Gasteiger charge is 2.34. The molecular formula is C17H13BrClNO3. The van der Waals surface area contributed by atoms with Crippen LogP contribution in [0.1, 0.15) is 27.1 Å². The number of amides is 2. The van der Waals surface area contributed by atoms with Crippen LogP contribution in [0.25, 0.3) is 0 Å². The van der Waals surface area contributed by atoms with Gasteiger partial charge in [-0.3, -0.25) is 14.5 Å². The number of fused-ring (bicyclic) bond motifs is 1. The first kappa shape index (κ1) is 16.0. The standard InChI is InChI=1S/C17H13BrClNO3/c18-14-10-11(6-7-15(14)19)23-9-3-8-20-16(21)12-4-1-2-5-13(12)17(20)22/h1-2,4-7,10H,3,8-9H2. The maximum atomic E-state index is 12.2. The lowest BCUT2D eigenvalue weighted by atomic mass is 10.1. The summed E-state index contributed by atoms with van der Waals surface area (Å²) in [5, 5.41) is 0.614. The Morgan fingerprint density at radius 1 is 1.04 bits per heavy atom. The molecule has 0 spiro atoms. The number of nitrogens with zero attached hydrogens (tertiary/aromatic N) is 1. The summed E-state index contributed by atoms with van der Waals surface area (Å²) in [7, 11) is 0. The van der Waals surface area contributed by atoms with Crippen molar-refractivity contribution in [1.82, 2.24) is 4.90 Å². The van der Waals surface area contributed by atoms with Crippen LogP contribution in [-0.2, 0) is 0 Å². The summed E-state index contributed by atoms with van der Waals surface area (Å²) in [6.45, 7) is 0.739. The monoisotopic (exact) mass is 393 g/mol. The average molecular weight is 395 g/mol. The lowest BCUT2D eigenvalue weighted by molar-refractivity contribution is 0.0647. The highest BCUT2D eigenvalue weighted by Crippen LogP contribution is 2.27. The fourth-order valence-electron chi connectivity index (χ4n) is 2.42. The van der Waals surface area contributed by atoms with E-state index in [0.717, 1.165) is 4.47 Å². The van der Waals surface area contributed by atoms with Gasteiger partial charge in [0.2, 0.25) is 0 Å². The van der Waals surface area contributed by atoms with E-state index in [4.69, 9.17) is 16.3 Å². The van der Waals surface area contributed by atoms with Gasteiger partial charge in [-0.25, -0.2) is 0 Å². The van der Waals surface area contributed by atoms with Crippen LogP contribution in [0.3, 0.4) is 0 Å². The Kier molecular flexibility index (Phi) is 4.68. The van der Waals surface area contributed by atoms with E-state index in [0.29, 0.717) is 41.5 Å². The molecule has 2 aromatic carbocycles. The summed E-state index contributed by atoms with van der Waals surface area (Å²) < 4.78 is 6.37. The zero-order valence-electron chi connectivity index (χ0n) is 12.1. The topological polar surface area (TPSA) is 46.6 Å². The minimum atomic E-state index is -0.236. The van der Waals surface area contributed by atoms with Crippen molar-refractivity contribution in [3.8, 4) is 5.75 Å². The summed E-state index contributed by atoms with van der Waals surface area (Å²) in [4.78, 5) is 25.7. The van der Waals surface area contributed by atoms with Crippen LogP contribution in [-0.4, -0.2) is 29.9 Å². The molecule has 1 heterocycles. The van der Waals surface area contributed by atoms with E-state index < -0.39 is 0 Å². The van der Waals surface area contributed by atoms with Gasteiger partial charge in [0.15, 0.2) is 0 Å². The largest absolute Gasteiger partial charge is 0.493 e. The van der Waals surface area contributed by atoms with Crippen molar-refractivity contribution in [1.29, 1.82) is 0 Å². The van der Waals surface area contributed by atoms with Gasteiger partial charge in [-0.2, -0.15) is 0 Å². The zero-order chi connectivity index (χ0) is 16.4. The molecule has 0 fully saturated rings. The fraction of sp³-hybridized carbons (Fsp3) is 0.176. The smallest absolute Gasteiger partial charge is 0.261 e. The van der Waals surface area contributed by atoms with E-state index >= 15 is 0 Å². The Morgan fingerprint density at radius 2 is 1.70 bits per heavy atom. The zero-order valence-corrected chi connectivity index (χ0v) is 14.4. The summed E-state index contributed by atoms with van der Waals surface area (Å²) in [5.74, 6) is 0.211.